The predicted molar refractivity (Wildman–Crippen MR) is 90.0 cm³/mol. The summed E-state index contributed by atoms with van der Waals surface area (Å²) < 4.78 is 23.4. The maximum Gasteiger partial charge on any atom is 0.238 e. The Morgan fingerprint density at radius 3 is 2.04 bits per heavy atom. The maximum absolute atomic E-state index is 11.7. The largest absolute Gasteiger partial charge is 0.369 e. The number of hydrogen-bond acceptors (Lipinski definition) is 3. The molecule has 5 nitrogen and oxygen atoms in total. The van der Waals surface area contributed by atoms with Gasteiger partial charge in [0.2, 0.25) is 15.9 Å². The molecule has 0 radical (unpaired) electrons. The highest BCUT2D eigenvalue weighted by Crippen LogP contribution is 2.30. The molecular formula is C17H20N2O3S. The van der Waals surface area contributed by atoms with Crippen molar-refractivity contribution >= 4 is 15.9 Å². The number of carbonyl (C=O) groups is 1. The topological polar surface area (TPSA) is 103 Å². The second kappa shape index (κ2) is 6.52. The number of primary sulfonamides is 1. The number of sulfonamides is 1. The summed E-state index contributed by atoms with van der Waals surface area (Å²) in [6.07, 6.45) is 0. The molecule has 2 aromatic carbocycles. The maximum atomic E-state index is 11.7. The van der Waals surface area contributed by atoms with Crippen molar-refractivity contribution < 1.29 is 13.2 Å². The molecule has 0 heterocycles. The third kappa shape index (κ3) is 3.78. The molecule has 1 atom stereocenters. The van der Waals surface area contributed by atoms with Gasteiger partial charge in [-0.2, -0.15) is 0 Å². The summed E-state index contributed by atoms with van der Waals surface area (Å²) in [4.78, 5) is 11.7. The van der Waals surface area contributed by atoms with Crippen molar-refractivity contribution in [3.05, 3.63) is 54.1 Å². The minimum absolute atomic E-state index is 0.0723. The number of carbonyl (C=O) groups excluding carboxylic acids is 1. The van der Waals surface area contributed by atoms with Gasteiger partial charge in [-0.25, -0.2) is 13.6 Å². The first-order chi connectivity index (χ1) is 10.7. The van der Waals surface area contributed by atoms with E-state index in [1.807, 2.05) is 13.8 Å². The van der Waals surface area contributed by atoms with E-state index in [4.69, 9.17) is 10.9 Å². The van der Waals surface area contributed by atoms with E-state index in [2.05, 4.69) is 0 Å². The second-order valence-electron chi connectivity index (χ2n) is 5.79. The zero-order valence-corrected chi connectivity index (χ0v) is 13.9. The Balaban J connectivity index is 2.48. The molecule has 0 bridgehead atoms. The average Bonchev–Trinajstić information content (AvgIpc) is 2.46. The summed E-state index contributed by atoms with van der Waals surface area (Å²) in [6, 6.07) is 13.7. The fourth-order valence-electron chi connectivity index (χ4n) is 2.70. The third-order valence-corrected chi connectivity index (χ3v) is 4.72. The Morgan fingerprint density at radius 1 is 1.00 bits per heavy atom. The molecule has 1 amide bonds. The Kier molecular flexibility index (Phi) is 4.87. The highest BCUT2D eigenvalue weighted by atomic mass is 32.2. The average molecular weight is 332 g/mol. The lowest BCUT2D eigenvalue weighted by Gasteiger charge is -2.18. The van der Waals surface area contributed by atoms with Crippen LogP contribution in [0.4, 0.5) is 0 Å². The van der Waals surface area contributed by atoms with Gasteiger partial charge < -0.3 is 5.73 Å². The van der Waals surface area contributed by atoms with E-state index in [-0.39, 0.29) is 22.6 Å². The molecular weight excluding hydrogens is 312 g/mol. The van der Waals surface area contributed by atoms with Gasteiger partial charge >= 0.3 is 0 Å². The first kappa shape index (κ1) is 17.2. The van der Waals surface area contributed by atoms with Crippen molar-refractivity contribution in [2.45, 2.75) is 24.7 Å². The van der Waals surface area contributed by atoms with Gasteiger partial charge in [0.1, 0.15) is 0 Å². The van der Waals surface area contributed by atoms with Crippen LogP contribution in [0, 0.1) is 5.92 Å². The van der Waals surface area contributed by atoms with Crippen molar-refractivity contribution in [1.29, 1.82) is 0 Å². The van der Waals surface area contributed by atoms with Crippen LogP contribution in [-0.2, 0) is 14.8 Å². The van der Waals surface area contributed by atoms with Gasteiger partial charge in [0.25, 0.3) is 0 Å². The van der Waals surface area contributed by atoms with Crippen molar-refractivity contribution in [1.82, 2.24) is 0 Å². The standard InChI is InChI=1S/C17H20N2O3S/c1-11(2)16(17(18)20)13-9-7-12(8-10-13)14-5-3-4-6-15(14)23(19,21)22/h3-11,16H,1-2H3,(H2,18,20)(H2,19,21,22). The summed E-state index contributed by atoms with van der Waals surface area (Å²) in [5, 5.41) is 5.26. The zero-order chi connectivity index (χ0) is 17.2. The number of amides is 1. The predicted octanol–water partition coefficient (Wildman–Crippen LogP) is 2.23. The molecule has 122 valence electrons. The Bertz CT molecular complexity index is 812. The van der Waals surface area contributed by atoms with Gasteiger partial charge in [-0.15, -0.1) is 0 Å². The van der Waals surface area contributed by atoms with Crippen molar-refractivity contribution in [3.8, 4) is 11.1 Å². The highest BCUT2D eigenvalue weighted by molar-refractivity contribution is 7.89. The molecule has 4 N–H and O–H groups in total. The van der Waals surface area contributed by atoms with E-state index in [9.17, 15) is 13.2 Å². The van der Waals surface area contributed by atoms with E-state index in [1.54, 1.807) is 42.5 Å². The number of hydrogen-bond donors (Lipinski definition) is 2. The molecule has 0 aromatic heterocycles. The van der Waals surface area contributed by atoms with Crippen molar-refractivity contribution in [2.24, 2.45) is 16.8 Å². The van der Waals surface area contributed by atoms with Gasteiger partial charge in [0, 0.05) is 5.56 Å². The lowest BCUT2D eigenvalue weighted by molar-refractivity contribution is -0.120. The molecule has 0 aliphatic rings. The monoisotopic (exact) mass is 332 g/mol. The highest BCUT2D eigenvalue weighted by Gasteiger charge is 2.22. The molecule has 23 heavy (non-hydrogen) atoms. The zero-order valence-electron chi connectivity index (χ0n) is 13.1. The first-order valence-electron chi connectivity index (χ1n) is 7.23. The van der Waals surface area contributed by atoms with Gasteiger partial charge in [-0.3, -0.25) is 4.79 Å². The lowest BCUT2D eigenvalue weighted by Crippen LogP contribution is -2.25. The van der Waals surface area contributed by atoms with Gasteiger partial charge in [0.15, 0.2) is 0 Å². The van der Waals surface area contributed by atoms with E-state index in [0.717, 1.165) is 5.56 Å². The fourth-order valence-corrected chi connectivity index (χ4v) is 3.46. The lowest BCUT2D eigenvalue weighted by atomic mass is 9.87. The molecule has 0 aliphatic carbocycles. The summed E-state index contributed by atoms with van der Waals surface area (Å²) in [5.74, 6) is -0.676. The summed E-state index contributed by atoms with van der Waals surface area (Å²) in [7, 11) is -3.81. The van der Waals surface area contributed by atoms with Crippen LogP contribution in [0.15, 0.2) is 53.4 Å². The van der Waals surface area contributed by atoms with E-state index >= 15 is 0 Å². The van der Waals surface area contributed by atoms with Crippen LogP contribution in [0.3, 0.4) is 0 Å². The smallest absolute Gasteiger partial charge is 0.238 e. The Morgan fingerprint density at radius 2 is 1.57 bits per heavy atom. The number of nitrogens with two attached hydrogens (primary N) is 2. The van der Waals surface area contributed by atoms with Crippen LogP contribution in [0.2, 0.25) is 0 Å². The Hall–Kier alpha value is -2.18. The SMILES string of the molecule is CC(C)C(C(N)=O)c1ccc(-c2ccccc2S(N)(=O)=O)cc1. The minimum atomic E-state index is -3.81. The first-order valence-corrected chi connectivity index (χ1v) is 8.78. The van der Waals surface area contributed by atoms with Crippen LogP contribution < -0.4 is 10.9 Å². The summed E-state index contributed by atoms with van der Waals surface area (Å²) in [5.41, 5.74) is 7.52. The van der Waals surface area contributed by atoms with Gasteiger partial charge in [-0.1, -0.05) is 56.3 Å². The molecule has 2 aromatic rings. The van der Waals surface area contributed by atoms with Crippen molar-refractivity contribution in [2.75, 3.05) is 0 Å². The summed E-state index contributed by atoms with van der Waals surface area (Å²) >= 11 is 0. The molecule has 0 aliphatic heterocycles. The number of benzene rings is 2. The second-order valence-corrected chi connectivity index (χ2v) is 7.32. The quantitative estimate of drug-likeness (QED) is 0.877. The van der Waals surface area contributed by atoms with Gasteiger partial charge in [-0.05, 0) is 23.1 Å². The molecule has 0 saturated heterocycles. The number of primary amides is 1. The van der Waals surface area contributed by atoms with E-state index < -0.39 is 10.0 Å². The molecule has 0 saturated carbocycles. The van der Waals surface area contributed by atoms with Crippen LogP contribution in [0.5, 0.6) is 0 Å². The molecule has 0 fully saturated rings. The van der Waals surface area contributed by atoms with Crippen LogP contribution in [0.25, 0.3) is 11.1 Å². The Labute approximate surface area is 136 Å². The van der Waals surface area contributed by atoms with Gasteiger partial charge in [0.05, 0.1) is 10.8 Å². The minimum Gasteiger partial charge on any atom is -0.369 e. The van der Waals surface area contributed by atoms with E-state index in [0.29, 0.717) is 11.1 Å². The fraction of sp³-hybridized carbons (Fsp3) is 0.235. The summed E-state index contributed by atoms with van der Waals surface area (Å²) in [6.45, 7) is 3.86. The molecule has 1 unspecified atom stereocenters. The van der Waals surface area contributed by atoms with E-state index in [1.165, 1.54) is 6.07 Å². The van der Waals surface area contributed by atoms with Crippen LogP contribution >= 0.6 is 0 Å². The molecule has 6 heteroatoms. The number of rotatable bonds is 5. The van der Waals surface area contributed by atoms with Crippen LogP contribution in [0.1, 0.15) is 25.3 Å². The molecule has 2 rings (SSSR count). The normalized spacial score (nSPS) is 13.0. The van der Waals surface area contributed by atoms with Crippen molar-refractivity contribution in [3.63, 3.8) is 0 Å². The third-order valence-electron chi connectivity index (χ3n) is 3.75. The molecule has 0 spiro atoms. The van der Waals surface area contributed by atoms with Crippen LogP contribution in [-0.4, -0.2) is 14.3 Å².